The molecule has 1 aliphatic carbocycles. The Morgan fingerprint density at radius 1 is 1.26 bits per heavy atom. The molecule has 0 aromatic carbocycles. The molecule has 1 atom stereocenters. The number of aromatic amines is 1. The molecule has 1 aromatic heterocycles. The van der Waals surface area contributed by atoms with Crippen LogP contribution in [0.3, 0.4) is 0 Å². The average Bonchev–Trinajstić information content (AvgIpc) is 3.05. The summed E-state index contributed by atoms with van der Waals surface area (Å²) in [4.78, 5) is 28.8. The molecule has 27 heavy (non-hydrogen) atoms. The number of allylic oxidation sites excluding steroid dienone is 2. The first kappa shape index (κ1) is 22.6. The van der Waals surface area contributed by atoms with Crippen molar-refractivity contribution in [3.63, 3.8) is 0 Å². The number of hydrogen-bond acceptors (Lipinski definition) is 4. The molecular formula is C20H30N2O5. The lowest BCUT2D eigenvalue weighted by Gasteiger charge is -2.23. The van der Waals surface area contributed by atoms with Gasteiger partial charge in [0.05, 0.1) is 5.69 Å². The molecule has 2 rings (SSSR count). The number of nitrogens with zero attached hydrogens (tertiary/aromatic N) is 1. The van der Waals surface area contributed by atoms with Crippen molar-refractivity contribution in [3.05, 3.63) is 34.9 Å². The molecule has 0 spiro atoms. The summed E-state index contributed by atoms with van der Waals surface area (Å²) in [6, 6.07) is 0. The van der Waals surface area contributed by atoms with Crippen LogP contribution in [0.15, 0.2) is 23.4 Å². The van der Waals surface area contributed by atoms with Gasteiger partial charge < -0.3 is 19.9 Å². The van der Waals surface area contributed by atoms with E-state index in [0.717, 1.165) is 44.6 Å². The molecule has 7 heteroatoms. The number of aliphatic carboxylic acids is 2. The molecule has 0 amide bonds. The number of hydrogen-bond donors (Lipinski definition) is 3. The van der Waals surface area contributed by atoms with Gasteiger partial charge in [-0.25, -0.2) is 14.6 Å². The Labute approximate surface area is 160 Å². The lowest BCUT2D eigenvalue weighted by molar-refractivity contribution is -0.133. The number of ether oxygens (including phenoxy) is 1. The second-order valence-electron chi connectivity index (χ2n) is 6.60. The minimum Gasteiger partial charge on any atom is -0.478 e. The summed E-state index contributed by atoms with van der Waals surface area (Å²) in [5.41, 5.74) is 3.31. The number of carboxylic acid groups (broad SMARTS) is 2. The second-order valence-corrected chi connectivity index (χ2v) is 6.60. The number of aromatic nitrogens is 2. The van der Waals surface area contributed by atoms with Gasteiger partial charge in [-0.05, 0) is 59.3 Å². The van der Waals surface area contributed by atoms with Crippen molar-refractivity contribution in [2.75, 3.05) is 13.2 Å². The van der Waals surface area contributed by atoms with Crippen LogP contribution in [0.5, 0.6) is 0 Å². The van der Waals surface area contributed by atoms with E-state index in [9.17, 15) is 9.59 Å². The Kier molecular flexibility index (Phi) is 9.50. The van der Waals surface area contributed by atoms with Crippen molar-refractivity contribution in [2.45, 2.75) is 53.4 Å². The van der Waals surface area contributed by atoms with Crippen molar-refractivity contribution >= 4 is 17.5 Å². The SMILES string of the molecule is CC1=C(C)CC(Cc2c[nH]c(C(=CC(=O)O)C(=O)O)n2)CC1.CCOCC. The van der Waals surface area contributed by atoms with E-state index < -0.39 is 11.9 Å². The third-order valence-corrected chi connectivity index (χ3v) is 4.54. The van der Waals surface area contributed by atoms with Crippen LogP contribution in [-0.4, -0.2) is 45.3 Å². The molecule has 0 aliphatic heterocycles. The first-order valence-electron chi connectivity index (χ1n) is 9.23. The van der Waals surface area contributed by atoms with E-state index in [1.807, 2.05) is 13.8 Å². The minimum atomic E-state index is -1.31. The standard InChI is InChI=1S/C16H20N2O4.C4H10O/c1-9-3-4-11(5-10(9)2)6-12-8-17-15(18-12)13(16(21)22)7-14(19)20;1-3-5-4-2/h7-8,11H,3-6H2,1-2H3,(H,17,18)(H,19,20)(H,21,22);3-4H2,1-2H3. The van der Waals surface area contributed by atoms with Gasteiger partial charge in [0.25, 0.3) is 0 Å². The molecule has 0 radical (unpaired) electrons. The van der Waals surface area contributed by atoms with Gasteiger partial charge in [0.15, 0.2) is 0 Å². The predicted molar refractivity (Wildman–Crippen MR) is 103 cm³/mol. The monoisotopic (exact) mass is 378 g/mol. The van der Waals surface area contributed by atoms with Gasteiger partial charge in [0, 0.05) is 25.5 Å². The number of carboxylic acids is 2. The summed E-state index contributed by atoms with van der Waals surface area (Å²) in [5, 5.41) is 17.8. The van der Waals surface area contributed by atoms with Crippen molar-refractivity contribution < 1.29 is 24.5 Å². The molecule has 3 N–H and O–H groups in total. The van der Waals surface area contributed by atoms with Crippen LogP contribution in [0.1, 0.15) is 58.5 Å². The van der Waals surface area contributed by atoms with Crippen LogP contribution < -0.4 is 0 Å². The molecule has 1 aliphatic rings. The number of imidazole rings is 1. The molecule has 0 saturated heterocycles. The summed E-state index contributed by atoms with van der Waals surface area (Å²) >= 11 is 0. The second kappa shape index (κ2) is 11.3. The summed E-state index contributed by atoms with van der Waals surface area (Å²) in [6.07, 6.45) is 6.30. The molecule has 0 fully saturated rings. The van der Waals surface area contributed by atoms with E-state index in [-0.39, 0.29) is 11.4 Å². The number of rotatable bonds is 7. The smallest absolute Gasteiger partial charge is 0.339 e. The summed E-state index contributed by atoms with van der Waals surface area (Å²) in [5.74, 6) is -2.03. The van der Waals surface area contributed by atoms with Gasteiger partial charge in [0.1, 0.15) is 11.4 Å². The normalized spacial score (nSPS) is 17.3. The highest BCUT2D eigenvalue weighted by Gasteiger charge is 2.20. The lowest BCUT2D eigenvalue weighted by atomic mass is 9.83. The average molecular weight is 378 g/mol. The number of H-pyrrole nitrogens is 1. The van der Waals surface area contributed by atoms with Crippen molar-refractivity contribution in [1.82, 2.24) is 9.97 Å². The minimum absolute atomic E-state index is 0.0872. The molecule has 150 valence electrons. The van der Waals surface area contributed by atoms with E-state index >= 15 is 0 Å². The molecule has 0 bridgehead atoms. The highest BCUT2D eigenvalue weighted by Crippen LogP contribution is 2.31. The summed E-state index contributed by atoms with van der Waals surface area (Å²) in [6.45, 7) is 9.98. The Balaban J connectivity index is 0.000000646. The van der Waals surface area contributed by atoms with Gasteiger partial charge in [0.2, 0.25) is 0 Å². The van der Waals surface area contributed by atoms with Crippen LogP contribution in [-0.2, 0) is 20.7 Å². The molecule has 1 aromatic rings. The topological polar surface area (TPSA) is 113 Å². The van der Waals surface area contributed by atoms with Crippen LogP contribution in [0.25, 0.3) is 5.57 Å². The van der Waals surface area contributed by atoms with Crippen LogP contribution in [0.4, 0.5) is 0 Å². The lowest BCUT2D eigenvalue weighted by Crippen LogP contribution is -2.11. The van der Waals surface area contributed by atoms with Gasteiger partial charge in [-0.2, -0.15) is 0 Å². The fourth-order valence-electron chi connectivity index (χ4n) is 2.97. The van der Waals surface area contributed by atoms with Gasteiger partial charge in [-0.15, -0.1) is 0 Å². The maximum Gasteiger partial charge on any atom is 0.339 e. The van der Waals surface area contributed by atoms with E-state index in [1.165, 1.54) is 11.1 Å². The Bertz CT molecular complexity index is 701. The number of carbonyl (C=O) groups is 2. The van der Waals surface area contributed by atoms with E-state index in [1.54, 1.807) is 6.20 Å². The molecule has 1 heterocycles. The fraction of sp³-hybridized carbons (Fsp3) is 0.550. The van der Waals surface area contributed by atoms with Crippen molar-refractivity contribution in [3.8, 4) is 0 Å². The van der Waals surface area contributed by atoms with E-state index in [2.05, 4.69) is 23.8 Å². The summed E-state index contributed by atoms with van der Waals surface area (Å²) < 4.78 is 4.83. The fourth-order valence-corrected chi connectivity index (χ4v) is 2.97. The maximum absolute atomic E-state index is 11.1. The zero-order valence-corrected chi connectivity index (χ0v) is 16.5. The molecule has 0 saturated carbocycles. The highest BCUT2D eigenvalue weighted by molar-refractivity contribution is 6.18. The van der Waals surface area contributed by atoms with E-state index in [4.69, 9.17) is 14.9 Å². The van der Waals surface area contributed by atoms with Crippen molar-refractivity contribution in [1.29, 1.82) is 0 Å². The van der Waals surface area contributed by atoms with Crippen LogP contribution in [0.2, 0.25) is 0 Å². The predicted octanol–water partition coefficient (Wildman–Crippen LogP) is 3.68. The number of nitrogens with one attached hydrogen (secondary N) is 1. The van der Waals surface area contributed by atoms with E-state index in [0.29, 0.717) is 12.0 Å². The summed E-state index contributed by atoms with van der Waals surface area (Å²) in [7, 11) is 0. The maximum atomic E-state index is 11.1. The van der Waals surface area contributed by atoms with Crippen LogP contribution >= 0.6 is 0 Å². The molecular weight excluding hydrogens is 348 g/mol. The third kappa shape index (κ3) is 7.78. The largest absolute Gasteiger partial charge is 0.478 e. The van der Waals surface area contributed by atoms with Gasteiger partial charge >= 0.3 is 11.9 Å². The van der Waals surface area contributed by atoms with Crippen LogP contribution in [0, 0.1) is 5.92 Å². The van der Waals surface area contributed by atoms with Gasteiger partial charge in [-0.1, -0.05) is 11.1 Å². The third-order valence-electron chi connectivity index (χ3n) is 4.54. The quantitative estimate of drug-likeness (QED) is 0.493. The Morgan fingerprint density at radius 3 is 2.41 bits per heavy atom. The highest BCUT2D eigenvalue weighted by atomic mass is 16.5. The first-order valence-corrected chi connectivity index (χ1v) is 9.23. The first-order chi connectivity index (χ1) is 12.8. The Hall–Kier alpha value is -2.41. The molecule has 7 nitrogen and oxygen atoms in total. The molecule has 1 unspecified atom stereocenters. The Morgan fingerprint density at radius 2 is 1.93 bits per heavy atom. The zero-order chi connectivity index (χ0) is 20.4. The van der Waals surface area contributed by atoms with Crippen molar-refractivity contribution in [2.24, 2.45) is 5.92 Å². The zero-order valence-electron chi connectivity index (χ0n) is 16.5. The van der Waals surface area contributed by atoms with Gasteiger partial charge in [-0.3, -0.25) is 0 Å².